The van der Waals surface area contributed by atoms with Crippen LogP contribution in [-0.4, -0.2) is 29.9 Å². The summed E-state index contributed by atoms with van der Waals surface area (Å²) in [5.41, 5.74) is 3.91. The molecule has 1 unspecified atom stereocenters. The summed E-state index contributed by atoms with van der Waals surface area (Å²) in [5, 5.41) is 0.226. The average Bonchev–Trinajstić information content (AvgIpc) is 2.66. The molecule has 0 aromatic heterocycles. The Labute approximate surface area is 171 Å². The minimum Gasteiger partial charge on any atom is -0.405 e. The van der Waals surface area contributed by atoms with Gasteiger partial charge in [-0.25, -0.2) is 0 Å². The quantitative estimate of drug-likeness (QED) is 0.629. The molecule has 0 spiro atoms. The lowest BCUT2D eigenvalue weighted by molar-refractivity contribution is -0.274. The van der Waals surface area contributed by atoms with Gasteiger partial charge in [0, 0.05) is 24.6 Å². The Morgan fingerprint density at radius 3 is 2.62 bits per heavy atom. The van der Waals surface area contributed by atoms with E-state index in [0.717, 1.165) is 12.8 Å². The SMILES string of the molecule is CC(=O)N1CCCCC1ONc1ccc(-c2ccccc2OC(F)(F)F)c(Cl)c1. The lowest BCUT2D eigenvalue weighted by Gasteiger charge is -2.34. The summed E-state index contributed by atoms with van der Waals surface area (Å²) < 4.78 is 42.1. The number of halogens is 4. The van der Waals surface area contributed by atoms with Gasteiger partial charge in [-0.3, -0.25) is 15.1 Å². The van der Waals surface area contributed by atoms with Crippen LogP contribution in [0.25, 0.3) is 11.1 Å². The van der Waals surface area contributed by atoms with Gasteiger partial charge in [-0.1, -0.05) is 35.9 Å². The summed E-state index contributed by atoms with van der Waals surface area (Å²) in [7, 11) is 0. The summed E-state index contributed by atoms with van der Waals surface area (Å²) >= 11 is 6.31. The number of anilines is 1. The van der Waals surface area contributed by atoms with Gasteiger partial charge in [0.1, 0.15) is 5.75 Å². The smallest absolute Gasteiger partial charge is 0.405 e. The number of alkyl halides is 3. The predicted octanol–water partition coefficient (Wildman–Crippen LogP) is 5.61. The molecule has 1 N–H and O–H groups in total. The van der Waals surface area contributed by atoms with Gasteiger partial charge in [0.25, 0.3) is 0 Å². The molecule has 1 aliphatic heterocycles. The molecule has 1 atom stereocenters. The second kappa shape index (κ2) is 8.92. The number of ether oxygens (including phenoxy) is 1. The van der Waals surface area contributed by atoms with E-state index in [4.69, 9.17) is 16.4 Å². The number of hydrogen-bond donors (Lipinski definition) is 1. The Bertz CT molecular complexity index is 876. The van der Waals surface area contributed by atoms with E-state index in [9.17, 15) is 18.0 Å². The zero-order valence-electron chi connectivity index (χ0n) is 15.6. The minimum atomic E-state index is -4.81. The Kier molecular flexibility index (Phi) is 6.54. The van der Waals surface area contributed by atoms with Gasteiger partial charge in [0.05, 0.1) is 10.7 Å². The predicted molar refractivity (Wildman–Crippen MR) is 103 cm³/mol. The molecule has 9 heteroatoms. The fourth-order valence-electron chi connectivity index (χ4n) is 3.22. The number of piperidine rings is 1. The number of likely N-dealkylation sites (tertiary alicyclic amines) is 1. The van der Waals surface area contributed by atoms with E-state index in [1.165, 1.54) is 25.1 Å². The standard InChI is InChI=1S/C20H20ClF3N2O3/c1-13(27)26-11-5-4-8-19(26)29-25-14-9-10-15(17(21)12-14)16-6-2-3-7-18(16)28-20(22,23)24/h2-3,6-7,9-10,12,19,25H,4-5,8,11H2,1H3. The fourth-order valence-corrected chi connectivity index (χ4v) is 3.50. The first-order valence-corrected chi connectivity index (χ1v) is 9.46. The van der Waals surface area contributed by atoms with Crippen molar-refractivity contribution in [1.29, 1.82) is 0 Å². The Morgan fingerprint density at radius 2 is 1.93 bits per heavy atom. The van der Waals surface area contributed by atoms with Gasteiger partial charge in [0.2, 0.25) is 5.91 Å². The second-order valence-corrected chi connectivity index (χ2v) is 7.03. The summed E-state index contributed by atoms with van der Waals surface area (Å²) in [6.45, 7) is 2.13. The molecule has 1 heterocycles. The van der Waals surface area contributed by atoms with Gasteiger partial charge >= 0.3 is 6.36 Å². The molecule has 156 valence electrons. The van der Waals surface area contributed by atoms with Crippen LogP contribution >= 0.6 is 11.6 Å². The van der Waals surface area contributed by atoms with Crippen molar-refractivity contribution in [2.45, 2.75) is 38.8 Å². The van der Waals surface area contributed by atoms with Gasteiger partial charge in [-0.15, -0.1) is 13.2 Å². The largest absolute Gasteiger partial charge is 0.573 e. The maximum Gasteiger partial charge on any atom is 0.573 e. The first kappa shape index (κ1) is 21.3. The van der Waals surface area contributed by atoms with Crippen molar-refractivity contribution in [2.24, 2.45) is 0 Å². The zero-order valence-corrected chi connectivity index (χ0v) is 16.4. The number of nitrogens with one attached hydrogen (secondary N) is 1. The number of carbonyl (C=O) groups excluding carboxylic acids is 1. The molecule has 0 radical (unpaired) electrons. The molecule has 2 aromatic rings. The third-order valence-electron chi connectivity index (χ3n) is 4.54. The Hall–Kier alpha value is -2.45. The molecule has 0 aliphatic carbocycles. The number of rotatable bonds is 5. The molecule has 29 heavy (non-hydrogen) atoms. The summed E-state index contributed by atoms with van der Waals surface area (Å²) in [4.78, 5) is 19.0. The van der Waals surface area contributed by atoms with Crippen LogP contribution in [-0.2, 0) is 9.63 Å². The number of nitrogens with zero attached hydrogens (tertiary/aromatic N) is 1. The minimum absolute atomic E-state index is 0.0637. The lowest BCUT2D eigenvalue weighted by Crippen LogP contribution is -2.44. The molecule has 1 fully saturated rings. The first-order valence-electron chi connectivity index (χ1n) is 9.08. The van der Waals surface area contributed by atoms with Crippen LogP contribution in [0, 0.1) is 0 Å². The van der Waals surface area contributed by atoms with Crippen LogP contribution in [0.15, 0.2) is 42.5 Å². The van der Waals surface area contributed by atoms with Crippen LogP contribution in [0.4, 0.5) is 18.9 Å². The van der Waals surface area contributed by atoms with Gasteiger partial charge in [-0.05, 0) is 37.5 Å². The van der Waals surface area contributed by atoms with Crippen molar-refractivity contribution in [2.75, 3.05) is 12.0 Å². The van der Waals surface area contributed by atoms with Crippen LogP contribution in [0.5, 0.6) is 5.75 Å². The number of hydrogen-bond acceptors (Lipinski definition) is 4. The molecule has 3 rings (SSSR count). The van der Waals surface area contributed by atoms with E-state index >= 15 is 0 Å². The number of para-hydroxylation sites is 1. The van der Waals surface area contributed by atoms with Crippen molar-refractivity contribution in [3.05, 3.63) is 47.5 Å². The Morgan fingerprint density at radius 1 is 1.17 bits per heavy atom. The topological polar surface area (TPSA) is 50.8 Å². The molecule has 0 saturated carbocycles. The third kappa shape index (κ3) is 5.55. The second-order valence-electron chi connectivity index (χ2n) is 6.62. The van der Waals surface area contributed by atoms with Crippen LogP contribution in [0.3, 0.4) is 0 Å². The maximum absolute atomic E-state index is 12.7. The van der Waals surface area contributed by atoms with E-state index in [1.54, 1.807) is 29.2 Å². The van der Waals surface area contributed by atoms with Gasteiger partial charge in [-0.2, -0.15) is 0 Å². The lowest BCUT2D eigenvalue weighted by atomic mass is 10.0. The number of amides is 1. The molecule has 1 saturated heterocycles. The molecular formula is C20H20ClF3N2O3. The van der Waals surface area contributed by atoms with Crippen molar-refractivity contribution in [3.8, 4) is 16.9 Å². The average molecular weight is 429 g/mol. The van der Waals surface area contributed by atoms with Crippen molar-refractivity contribution < 1.29 is 27.5 Å². The highest BCUT2D eigenvalue weighted by molar-refractivity contribution is 6.33. The van der Waals surface area contributed by atoms with Gasteiger partial charge < -0.3 is 9.64 Å². The van der Waals surface area contributed by atoms with Crippen LogP contribution in [0.1, 0.15) is 26.2 Å². The van der Waals surface area contributed by atoms with E-state index in [2.05, 4.69) is 10.2 Å². The van der Waals surface area contributed by atoms with E-state index < -0.39 is 6.36 Å². The highest BCUT2D eigenvalue weighted by Gasteiger charge is 2.32. The summed E-state index contributed by atoms with van der Waals surface area (Å²) in [6, 6.07) is 10.5. The molecule has 1 aliphatic rings. The number of carbonyl (C=O) groups is 1. The first-order chi connectivity index (χ1) is 13.7. The van der Waals surface area contributed by atoms with Crippen molar-refractivity contribution in [1.82, 2.24) is 4.90 Å². The normalized spacial score (nSPS) is 17.1. The van der Waals surface area contributed by atoms with E-state index in [0.29, 0.717) is 24.2 Å². The zero-order chi connectivity index (χ0) is 21.0. The molecular weight excluding hydrogens is 409 g/mol. The van der Waals surface area contributed by atoms with E-state index in [1.807, 2.05) is 0 Å². The molecule has 2 aromatic carbocycles. The highest BCUT2D eigenvalue weighted by Crippen LogP contribution is 2.38. The number of benzene rings is 2. The van der Waals surface area contributed by atoms with Crippen LogP contribution < -0.4 is 10.2 Å². The molecule has 5 nitrogen and oxygen atoms in total. The van der Waals surface area contributed by atoms with Crippen molar-refractivity contribution in [3.63, 3.8) is 0 Å². The molecule has 1 amide bonds. The summed E-state index contributed by atoms with van der Waals surface area (Å²) in [5.74, 6) is -0.399. The monoisotopic (exact) mass is 428 g/mol. The fraction of sp³-hybridized carbons (Fsp3) is 0.350. The van der Waals surface area contributed by atoms with Gasteiger partial charge in [0.15, 0.2) is 6.23 Å². The Balaban J connectivity index is 1.75. The summed E-state index contributed by atoms with van der Waals surface area (Å²) in [6.07, 6.45) is -2.60. The van der Waals surface area contributed by atoms with Crippen LogP contribution in [0.2, 0.25) is 5.02 Å². The third-order valence-corrected chi connectivity index (χ3v) is 4.85. The molecule has 0 bridgehead atoms. The van der Waals surface area contributed by atoms with Crippen molar-refractivity contribution >= 4 is 23.2 Å². The van der Waals surface area contributed by atoms with E-state index in [-0.39, 0.29) is 28.5 Å². The maximum atomic E-state index is 12.7. The highest BCUT2D eigenvalue weighted by atomic mass is 35.5.